The summed E-state index contributed by atoms with van der Waals surface area (Å²) in [6, 6.07) is 13.3. The van der Waals surface area contributed by atoms with Crippen LogP contribution in [0.2, 0.25) is 0 Å². The van der Waals surface area contributed by atoms with E-state index in [2.05, 4.69) is 0 Å². The molecule has 3 heteroatoms. The fraction of sp³-hybridized carbons (Fsp3) is 0.235. The van der Waals surface area contributed by atoms with Gasteiger partial charge in [-0.3, -0.25) is 0 Å². The van der Waals surface area contributed by atoms with Gasteiger partial charge >= 0.3 is 5.97 Å². The van der Waals surface area contributed by atoms with Gasteiger partial charge in [-0.15, -0.1) is 0 Å². The van der Waals surface area contributed by atoms with Gasteiger partial charge in [0.2, 0.25) is 0 Å². The Balaban J connectivity index is 2.26. The second kappa shape index (κ2) is 6.35. The highest BCUT2D eigenvalue weighted by molar-refractivity contribution is 5.90. The van der Waals surface area contributed by atoms with Crippen molar-refractivity contribution in [1.82, 2.24) is 0 Å². The van der Waals surface area contributed by atoms with Gasteiger partial charge in [0.15, 0.2) is 0 Å². The SMILES string of the molecule is CCOC(=O)c1ccc(-c2ccc(CO)c(C)c2)cc1. The molecule has 2 rings (SSSR count). The van der Waals surface area contributed by atoms with E-state index < -0.39 is 0 Å². The zero-order chi connectivity index (χ0) is 14.5. The smallest absolute Gasteiger partial charge is 0.338 e. The summed E-state index contributed by atoms with van der Waals surface area (Å²) >= 11 is 0. The molecule has 2 aromatic carbocycles. The van der Waals surface area contributed by atoms with Crippen LogP contribution in [-0.4, -0.2) is 17.7 Å². The van der Waals surface area contributed by atoms with Crippen LogP contribution in [0.1, 0.15) is 28.4 Å². The zero-order valence-corrected chi connectivity index (χ0v) is 11.7. The minimum atomic E-state index is -0.300. The highest BCUT2D eigenvalue weighted by Gasteiger charge is 2.07. The fourth-order valence-electron chi connectivity index (χ4n) is 2.07. The van der Waals surface area contributed by atoms with Crippen LogP contribution in [0.3, 0.4) is 0 Å². The number of carbonyl (C=O) groups excluding carboxylic acids is 1. The monoisotopic (exact) mass is 270 g/mol. The molecule has 2 aromatic rings. The molecule has 0 aliphatic heterocycles. The lowest BCUT2D eigenvalue weighted by Gasteiger charge is -2.08. The van der Waals surface area contributed by atoms with Crippen molar-refractivity contribution in [3.63, 3.8) is 0 Å². The van der Waals surface area contributed by atoms with Crippen LogP contribution >= 0.6 is 0 Å². The maximum atomic E-state index is 11.6. The van der Waals surface area contributed by atoms with E-state index in [1.54, 1.807) is 19.1 Å². The van der Waals surface area contributed by atoms with Crippen LogP contribution in [0.5, 0.6) is 0 Å². The molecular weight excluding hydrogens is 252 g/mol. The van der Waals surface area contributed by atoms with Crippen molar-refractivity contribution in [1.29, 1.82) is 0 Å². The van der Waals surface area contributed by atoms with Crippen molar-refractivity contribution in [2.45, 2.75) is 20.5 Å². The summed E-state index contributed by atoms with van der Waals surface area (Å²) in [7, 11) is 0. The lowest BCUT2D eigenvalue weighted by molar-refractivity contribution is 0.0526. The molecule has 0 heterocycles. The van der Waals surface area contributed by atoms with Gasteiger partial charge in [-0.1, -0.05) is 30.3 Å². The topological polar surface area (TPSA) is 46.5 Å². The van der Waals surface area contributed by atoms with E-state index in [-0.39, 0.29) is 12.6 Å². The summed E-state index contributed by atoms with van der Waals surface area (Å²) in [6.07, 6.45) is 0. The van der Waals surface area contributed by atoms with Gasteiger partial charge in [-0.25, -0.2) is 4.79 Å². The number of carbonyl (C=O) groups is 1. The average Bonchev–Trinajstić information content (AvgIpc) is 2.47. The third-order valence-electron chi connectivity index (χ3n) is 3.24. The van der Waals surface area contributed by atoms with Crippen molar-refractivity contribution in [2.75, 3.05) is 6.61 Å². The van der Waals surface area contributed by atoms with E-state index in [0.717, 1.165) is 22.3 Å². The average molecular weight is 270 g/mol. The number of rotatable bonds is 4. The van der Waals surface area contributed by atoms with Crippen LogP contribution in [0.25, 0.3) is 11.1 Å². The summed E-state index contributed by atoms with van der Waals surface area (Å²) in [5, 5.41) is 9.18. The molecule has 0 aromatic heterocycles. The van der Waals surface area contributed by atoms with Gasteiger partial charge < -0.3 is 9.84 Å². The molecule has 0 atom stereocenters. The van der Waals surface area contributed by atoms with Crippen molar-refractivity contribution < 1.29 is 14.6 Å². The first-order chi connectivity index (χ1) is 9.65. The number of hydrogen-bond acceptors (Lipinski definition) is 3. The van der Waals surface area contributed by atoms with E-state index in [0.29, 0.717) is 12.2 Å². The van der Waals surface area contributed by atoms with Crippen molar-refractivity contribution in [2.24, 2.45) is 0 Å². The Morgan fingerprint density at radius 3 is 2.30 bits per heavy atom. The standard InChI is InChI=1S/C17H18O3/c1-3-20-17(19)14-6-4-13(5-7-14)15-8-9-16(11-18)12(2)10-15/h4-10,18H,3,11H2,1-2H3. The van der Waals surface area contributed by atoms with E-state index in [9.17, 15) is 9.90 Å². The van der Waals surface area contributed by atoms with Crippen molar-refractivity contribution in [3.8, 4) is 11.1 Å². The predicted octanol–water partition coefficient (Wildman–Crippen LogP) is 3.33. The van der Waals surface area contributed by atoms with Crippen LogP contribution in [0.15, 0.2) is 42.5 Å². The van der Waals surface area contributed by atoms with Gasteiger partial charge in [0.1, 0.15) is 0 Å². The highest BCUT2D eigenvalue weighted by Crippen LogP contribution is 2.23. The first kappa shape index (κ1) is 14.3. The lowest BCUT2D eigenvalue weighted by Crippen LogP contribution is -2.04. The Bertz CT molecular complexity index is 600. The summed E-state index contributed by atoms with van der Waals surface area (Å²) in [5.41, 5.74) is 4.64. The normalized spacial score (nSPS) is 10.3. The molecule has 0 saturated heterocycles. The van der Waals surface area contributed by atoms with E-state index >= 15 is 0 Å². The molecule has 0 radical (unpaired) electrons. The largest absolute Gasteiger partial charge is 0.462 e. The number of esters is 1. The molecule has 20 heavy (non-hydrogen) atoms. The number of aliphatic hydroxyl groups is 1. The third kappa shape index (κ3) is 3.06. The molecule has 3 nitrogen and oxygen atoms in total. The van der Waals surface area contributed by atoms with Crippen molar-refractivity contribution in [3.05, 3.63) is 59.2 Å². The Morgan fingerprint density at radius 2 is 1.75 bits per heavy atom. The quantitative estimate of drug-likeness (QED) is 0.867. The zero-order valence-electron chi connectivity index (χ0n) is 11.7. The molecule has 0 unspecified atom stereocenters. The van der Waals surface area contributed by atoms with Crippen LogP contribution in [-0.2, 0) is 11.3 Å². The summed E-state index contributed by atoms with van der Waals surface area (Å²) in [4.78, 5) is 11.6. The predicted molar refractivity (Wildman–Crippen MR) is 78.5 cm³/mol. The molecule has 0 saturated carbocycles. The van der Waals surface area contributed by atoms with Crippen LogP contribution in [0, 0.1) is 6.92 Å². The van der Waals surface area contributed by atoms with Crippen LogP contribution < -0.4 is 0 Å². The molecule has 104 valence electrons. The number of aryl methyl sites for hydroxylation is 1. The van der Waals surface area contributed by atoms with Gasteiger partial charge in [-0.05, 0) is 48.2 Å². The third-order valence-corrected chi connectivity index (χ3v) is 3.24. The summed E-state index contributed by atoms with van der Waals surface area (Å²) in [5.74, 6) is -0.300. The minimum Gasteiger partial charge on any atom is -0.462 e. The maximum absolute atomic E-state index is 11.6. The van der Waals surface area contributed by atoms with E-state index in [1.165, 1.54) is 0 Å². The molecule has 0 aliphatic rings. The molecular formula is C17H18O3. The molecule has 0 aliphatic carbocycles. The van der Waals surface area contributed by atoms with Crippen LogP contribution in [0.4, 0.5) is 0 Å². The molecule has 0 spiro atoms. The fourth-order valence-corrected chi connectivity index (χ4v) is 2.07. The Labute approximate surface area is 118 Å². The second-order valence-electron chi connectivity index (χ2n) is 4.60. The Morgan fingerprint density at radius 1 is 1.10 bits per heavy atom. The van der Waals surface area contributed by atoms with Gasteiger partial charge in [0.25, 0.3) is 0 Å². The van der Waals surface area contributed by atoms with Gasteiger partial charge in [0, 0.05) is 0 Å². The van der Waals surface area contributed by atoms with Gasteiger partial charge in [-0.2, -0.15) is 0 Å². The first-order valence-electron chi connectivity index (χ1n) is 6.63. The van der Waals surface area contributed by atoms with Crippen molar-refractivity contribution >= 4 is 5.97 Å². The minimum absolute atomic E-state index is 0.0495. The highest BCUT2D eigenvalue weighted by atomic mass is 16.5. The summed E-state index contributed by atoms with van der Waals surface area (Å²) in [6.45, 7) is 4.19. The Hall–Kier alpha value is -2.13. The Kier molecular flexibility index (Phi) is 4.53. The molecule has 0 amide bonds. The maximum Gasteiger partial charge on any atom is 0.338 e. The molecule has 1 N–H and O–H groups in total. The second-order valence-corrected chi connectivity index (χ2v) is 4.60. The number of benzene rings is 2. The first-order valence-corrected chi connectivity index (χ1v) is 6.63. The van der Waals surface area contributed by atoms with E-state index in [1.807, 2.05) is 37.3 Å². The van der Waals surface area contributed by atoms with Gasteiger partial charge in [0.05, 0.1) is 18.8 Å². The molecule has 0 fully saturated rings. The lowest BCUT2D eigenvalue weighted by atomic mass is 9.99. The number of aliphatic hydroxyl groups excluding tert-OH is 1. The summed E-state index contributed by atoms with van der Waals surface area (Å²) < 4.78 is 4.96. The molecule has 0 bridgehead atoms. The van der Waals surface area contributed by atoms with E-state index in [4.69, 9.17) is 4.74 Å². The number of hydrogen-bond donors (Lipinski definition) is 1. The number of ether oxygens (including phenoxy) is 1.